The van der Waals surface area contributed by atoms with Crippen molar-refractivity contribution in [2.24, 2.45) is 17.3 Å². The standard InChI is InChI=1S/C21H32N2O6S/c1-6-28-16(24)14-15(17(25)29-7-2)21(30-5)22(4)18(26)20(14,3)19(27)23(21)13-11-9-8-10-12-13/h13-15H,6-12H2,1-5H3/t14-,15-,20+,21+/m0/s1. The molecule has 9 heteroatoms. The highest BCUT2D eigenvalue weighted by molar-refractivity contribution is 8.00. The van der Waals surface area contributed by atoms with E-state index in [1.165, 1.54) is 23.6 Å². The third-order valence-corrected chi connectivity index (χ3v) is 8.24. The number of thioether (sulfide) groups is 1. The van der Waals surface area contributed by atoms with Gasteiger partial charge in [0.25, 0.3) is 0 Å². The first kappa shape index (κ1) is 22.9. The lowest BCUT2D eigenvalue weighted by Gasteiger charge is -2.66. The summed E-state index contributed by atoms with van der Waals surface area (Å²) in [5, 5.41) is 0. The molecular weight excluding hydrogens is 408 g/mol. The van der Waals surface area contributed by atoms with Crippen molar-refractivity contribution in [3.05, 3.63) is 0 Å². The van der Waals surface area contributed by atoms with Gasteiger partial charge < -0.3 is 19.3 Å². The van der Waals surface area contributed by atoms with Gasteiger partial charge in [-0.1, -0.05) is 19.3 Å². The highest BCUT2D eigenvalue weighted by Gasteiger charge is 2.78. The van der Waals surface area contributed by atoms with Crippen LogP contribution in [0.4, 0.5) is 0 Å². The second-order valence-electron chi connectivity index (χ2n) is 8.36. The van der Waals surface area contributed by atoms with Gasteiger partial charge in [-0.2, -0.15) is 0 Å². The van der Waals surface area contributed by atoms with Gasteiger partial charge in [0.15, 0.2) is 4.99 Å². The van der Waals surface area contributed by atoms with E-state index in [4.69, 9.17) is 9.47 Å². The Morgan fingerprint density at radius 2 is 1.53 bits per heavy atom. The van der Waals surface area contributed by atoms with E-state index in [0.29, 0.717) is 0 Å². The Morgan fingerprint density at radius 1 is 1.00 bits per heavy atom. The van der Waals surface area contributed by atoms with Crippen molar-refractivity contribution >= 4 is 35.5 Å². The van der Waals surface area contributed by atoms with Gasteiger partial charge >= 0.3 is 11.9 Å². The van der Waals surface area contributed by atoms with Crippen molar-refractivity contribution in [2.75, 3.05) is 26.5 Å². The van der Waals surface area contributed by atoms with E-state index in [-0.39, 0.29) is 25.2 Å². The zero-order valence-corrected chi connectivity index (χ0v) is 19.3. The van der Waals surface area contributed by atoms with Crippen LogP contribution >= 0.6 is 11.8 Å². The number of carbonyl (C=O) groups excluding carboxylic acids is 4. The smallest absolute Gasteiger partial charge is 0.315 e. The van der Waals surface area contributed by atoms with Crippen LogP contribution in [-0.4, -0.2) is 71.1 Å². The van der Waals surface area contributed by atoms with Crippen LogP contribution < -0.4 is 0 Å². The number of esters is 2. The molecule has 30 heavy (non-hydrogen) atoms. The fourth-order valence-corrected chi connectivity index (χ4v) is 6.84. The largest absolute Gasteiger partial charge is 0.466 e. The summed E-state index contributed by atoms with van der Waals surface area (Å²) in [7, 11) is 1.62. The number of carbonyl (C=O) groups is 4. The molecule has 168 valence electrons. The fourth-order valence-electron chi connectivity index (χ4n) is 5.57. The summed E-state index contributed by atoms with van der Waals surface area (Å²) in [6.07, 6.45) is 6.47. The van der Waals surface area contributed by atoms with E-state index in [0.717, 1.165) is 32.1 Å². The van der Waals surface area contributed by atoms with Gasteiger partial charge in [0, 0.05) is 13.1 Å². The summed E-state index contributed by atoms with van der Waals surface area (Å²) in [6, 6.07) is -0.0892. The van der Waals surface area contributed by atoms with E-state index in [9.17, 15) is 19.2 Å². The van der Waals surface area contributed by atoms with Crippen molar-refractivity contribution in [1.82, 2.24) is 9.80 Å². The molecule has 1 saturated carbocycles. The normalized spacial score (nSPS) is 34.3. The average Bonchev–Trinajstić information content (AvgIpc) is 2.73. The van der Waals surface area contributed by atoms with E-state index < -0.39 is 40.1 Å². The topological polar surface area (TPSA) is 93.2 Å². The fraction of sp³-hybridized carbons (Fsp3) is 0.810. The molecule has 3 aliphatic heterocycles. The number of fused-ring (bicyclic) bond motifs is 3. The summed E-state index contributed by atoms with van der Waals surface area (Å²) in [5.74, 6) is -4.37. The summed E-state index contributed by atoms with van der Waals surface area (Å²) >= 11 is 1.25. The summed E-state index contributed by atoms with van der Waals surface area (Å²) in [4.78, 5) is 55.6. The van der Waals surface area contributed by atoms with Crippen molar-refractivity contribution in [2.45, 2.75) is 63.9 Å². The molecule has 3 saturated heterocycles. The predicted octanol–water partition coefficient (Wildman–Crippen LogP) is 2.01. The molecule has 0 N–H and O–H groups in total. The summed E-state index contributed by atoms with van der Waals surface area (Å²) in [6.45, 7) is 5.08. The molecule has 4 atom stereocenters. The molecule has 4 fully saturated rings. The summed E-state index contributed by atoms with van der Waals surface area (Å²) in [5.41, 5.74) is -1.70. The molecule has 0 aromatic rings. The first-order valence-corrected chi connectivity index (χ1v) is 12.0. The zero-order valence-electron chi connectivity index (χ0n) is 18.4. The second-order valence-corrected chi connectivity index (χ2v) is 9.36. The highest BCUT2D eigenvalue weighted by Crippen LogP contribution is 2.60. The van der Waals surface area contributed by atoms with E-state index >= 15 is 0 Å². The maximum Gasteiger partial charge on any atom is 0.315 e. The lowest BCUT2D eigenvalue weighted by atomic mass is 9.60. The Kier molecular flexibility index (Phi) is 6.41. The second kappa shape index (κ2) is 8.40. The molecule has 0 aromatic carbocycles. The van der Waals surface area contributed by atoms with Crippen LogP contribution in [0.15, 0.2) is 0 Å². The quantitative estimate of drug-likeness (QED) is 0.461. The van der Waals surface area contributed by atoms with Crippen LogP contribution in [0.5, 0.6) is 0 Å². The minimum Gasteiger partial charge on any atom is -0.466 e. The average molecular weight is 441 g/mol. The van der Waals surface area contributed by atoms with E-state index in [2.05, 4.69) is 0 Å². The van der Waals surface area contributed by atoms with Crippen molar-refractivity contribution in [3.8, 4) is 0 Å². The van der Waals surface area contributed by atoms with Crippen molar-refractivity contribution in [1.29, 1.82) is 0 Å². The van der Waals surface area contributed by atoms with Crippen LogP contribution in [-0.2, 0) is 28.7 Å². The Morgan fingerprint density at radius 3 is 2.03 bits per heavy atom. The molecule has 4 rings (SSSR count). The maximum absolute atomic E-state index is 13.9. The number of hydrogen-bond donors (Lipinski definition) is 0. The molecule has 4 aliphatic rings. The number of piperidine rings is 2. The zero-order chi connectivity index (χ0) is 22.3. The van der Waals surface area contributed by atoms with Gasteiger partial charge in [-0.05, 0) is 39.9 Å². The molecule has 0 spiro atoms. The summed E-state index contributed by atoms with van der Waals surface area (Å²) < 4.78 is 10.6. The molecule has 3 heterocycles. The molecule has 2 bridgehead atoms. The molecular formula is C21H32N2O6S. The van der Waals surface area contributed by atoms with Gasteiger partial charge in [-0.15, -0.1) is 11.8 Å². The van der Waals surface area contributed by atoms with Gasteiger partial charge in [0.2, 0.25) is 11.8 Å². The lowest BCUT2D eigenvalue weighted by Crippen LogP contribution is -2.84. The molecule has 1 aliphatic carbocycles. The molecule has 0 radical (unpaired) electrons. The molecule has 0 aromatic heterocycles. The predicted molar refractivity (Wildman–Crippen MR) is 111 cm³/mol. The number of amides is 2. The Balaban J connectivity index is 2.24. The van der Waals surface area contributed by atoms with E-state index in [1.807, 2.05) is 0 Å². The van der Waals surface area contributed by atoms with Crippen LogP contribution in [0, 0.1) is 17.3 Å². The van der Waals surface area contributed by atoms with Crippen molar-refractivity contribution in [3.63, 3.8) is 0 Å². The van der Waals surface area contributed by atoms with Gasteiger partial charge in [-0.25, -0.2) is 0 Å². The van der Waals surface area contributed by atoms with Crippen molar-refractivity contribution < 1.29 is 28.7 Å². The molecule has 2 amide bonds. The Hall–Kier alpha value is -1.77. The Bertz CT molecular complexity index is 739. The molecule has 8 nitrogen and oxygen atoms in total. The monoisotopic (exact) mass is 440 g/mol. The highest BCUT2D eigenvalue weighted by atomic mass is 32.2. The van der Waals surface area contributed by atoms with Gasteiger partial charge in [0.05, 0.1) is 19.1 Å². The Labute approximate surface area is 182 Å². The van der Waals surface area contributed by atoms with E-state index in [1.54, 1.807) is 32.1 Å². The lowest BCUT2D eigenvalue weighted by molar-refractivity contribution is -0.224. The SMILES string of the molecule is CCOC(=O)[C@@H]1[C@@H](C(=O)OCC)[C@@]2(SC)N(C)C(=O)[C@]1(C)C(=O)N2C1CCCCC1. The maximum atomic E-state index is 13.9. The number of ether oxygens (including phenoxy) is 2. The third kappa shape index (κ3) is 2.95. The van der Waals surface area contributed by atoms with Gasteiger partial charge in [-0.3, -0.25) is 19.2 Å². The van der Waals surface area contributed by atoms with Gasteiger partial charge in [0.1, 0.15) is 11.3 Å². The molecule has 0 unspecified atom stereocenters. The van der Waals surface area contributed by atoms with Crippen LogP contribution in [0.1, 0.15) is 52.9 Å². The number of nitrogens with zero attached hydrogens (tertiary/aromatic N) is 2. The minimum absolute atomic E-state index is 0.0892. The van der Waals surface area contributed by atoms with Crippen LogP contribution in [0.3, 0.4) is 0 Å². The number of rotatable bonds is 6. The van der Waals surface area contributed by atoms with Crippen LogP contribution in [0.25, 0.3) is 0 Å². The third-order valence-electron chi connectivity index (χ3n) is 6.92. The minimum atomic E-state index is -1.70. The first-order valence-electron chi connectivity index (χ1n) is 10.7. The number of hydrogen-bond acceptors (Lipinski definition) is 7. The first-order chi connectivity index (χ1) is 14.2. The van der Waals surface area contributed by atoms with Crippen LogP contribution in [0.2, 0.25) is 0 Å².